The molecule has 90 valence electrons. The van der Waals surface area contributed by atoms with Gasteiger partial charge in [-0.1, -0.05) is 0 Å². The Balaban J connectivity index is 1.96. The number of aryl methyl sites for hydroxylation is 1. The Morgan fingerprint density at radius 3 is 3.06 bits per heavy atom. The van der Waals surface area contributed by atoms with E-state index in [1.54, 1.807) is 4.52 Å². The van der Waals surface area contributed by atoms with Gasteiger partial charge in [-0.15, -0.1) is 15.3 Å². The van der Waals surface area contributed by atoms with Crippen LogP contribution in [0, 0.1) is 6.92 Å². The number of hydrogen-bond acceptors (Lipinski definition) is 5. The molecule has 0 aliphatic carbocycles. The number of fused-ring (bicyclic) bond motifs is 1. The van der Waals surface area contributed by atoms with Crippen LogP contribution < -0.4 is 10.6 Å². The Bertz CT molecular complexity index is 534. The fourth-order valence-corrected chi connectivity index (χ4v) is 2.27. The second kappa shape index (κ2) is 3.96. The predicted octanol–water partition coefficient (Wildman–Crippen LogP) is 0.360. The number of rotatable bonds is 1. The molecule has 0 radical (unpaired) electrons. The van der Waals surface area contributed by atoms with Crippen molar-refractivity contribution in [2.24, 2.45) is 5.73 Å². The zero-order valence-corrected chi connectivity index (χ0v) is 9.87. The van der Waals surface area contributed by atoms with Gasteiger partial charge in [0.05, 0.1) is 0 Å². The topological polar surface area (TPSA) is 72.3 Å². The van der Waals surface area contributed by atoms with Crippen molar-refractivity contribution in [3.8, 4) is 0 Å². The van der Waals surface area contributed by atoms with Crippen LogP contribution in [0.1, 0.15) is 18.7 Å². The van der Waals surface area contributed by atoms with Crippen LogP contribution in [0.4, 0.5) is 5.82 Å². The molecule has 0 amide bonds. The summed E-state index contributed by atoms with van der Waals surface area (Å²) in [5.41, 5.74) is 6.77. The predicted molar refractivity (Wildman–Crippen MR) is 64.9 cm³/mol. The first-order valence-corrected chi connectivity index (χ1v) is 5.93. The molecule has 3 heterocycles. The molecule has 2 aromatic rings. The van der Waals surface area contributed by atoms with Crippen LogP contribution in [0.3, 0.4) is 0 Å². The Kier molecular flexibility index (Phi) is 2.44. The fraction of sp³-hybridized carbons (Fsp3) is 0.545. The maximum absolute atomic E-state index is 5.98. The fourth-order valence-electron chi connectivity index (χ4n) is 2.27. The lowest BCUT2D eigenvalue weighted by Gasteiger charge is -2.31. The van der Waals surface area contributed by atoms with Gasteiger partial charge < -0.3 is 10.6 Å². The summed E-state index contributed by atoms with van der Waals surface area (Å²) in [5, 5.41) is 12.6. The summed E-state index contributed by atoms with van der Waals surface area (Å²) in [7, 11) is 0. The van der Waals surface area contributed by atoms with Crippen LogP contribution in [-0.4, -0.2) is 38.9 Å². The molecule has 17 heavy (non-hydrogen) atoms. The quantitative estimate of drug-likeness (QED) is 0.768. The van der Waals surface area contributed by atoms with Crippen molar-refractivity contribution < 1.29 is 0 Å². The van der Waals surface area contributed by atoms with Crippen LogP contribution >= 0.6 is 0 Å². The Hall–Kier alpha value is -1.69. The smallest absolute Gasteiger partial charge is 0.178 e. The summed E-state index contributed by atoms with van der Waals surface area (Å²) in [6.07, 6.45) is 2.23. The van der Waals surface area contributed by atoms with Crippen molar-refractivity contribution in [1.82, 2.24) is 19.8 Å². The lowest BCUT2D eigenvalue weighted by atomic mass is 10.1. The second-order valence-electron chi connectivity index (χ2n) is 4.56. The zero-order valence-electron chi connectivity index (χ0n) is 9.87. The summed E-state index contributed by atoms with van der Waals surface area (Å²) in [5.74, 6) is 1.76. The van der Waals surface area contributed by atoms with E-state index < -0.39 is 0 Å². The lowest BCUT2D eigenvalue weighted by Crippen LogP contribution is -2.43. The molecule has 3 rings (SSSR count). The van der Waals surface area contributed by atoms with Gasteiger partial charge in [0.1, 0.15) is 5.82 Å². The summed E-state index contributed by atoms with van der Waals surface area (Å²) in [4.78, 5) is 2.23. The van der Waals surface area contributed by atoms with Crippen LogP contribution in [0.25, 0.3) is 5.65 Å². The molecule has 0 aromatic carbocycles. The molecular formula is C11H16N6. The van der Waals surface area contributed by atoms with Gasteiger partial charge in [0.15, 0.2) is 11.5 Å². The number of anilines is 1. The van der Waals surface area contributed by atoms with Gasteiger partial charge in [0.2, 0.25) is 0 Å². The molecule has 1 fully saturated rings. The average Bonchev–Trinajstić information content (AvgIpc) is 2.71. The molecule has 6 heteroatoms. The van der Waals surface area contributed by atoms with Crippen molar-refractivity contribution in [1.29, 1.82) is 0 Å². The zero-order chi connectivity index (χ0) is 11.8. The highest BCUT2D eigenvalue weighted by atomic mass is 15.4. The van der Waals surface area contributed by atoms with Gasteiger partial charge in [0.25, 0.3) is 0 Å². The Morgan fingerprint density at radius 2 is 2.24 bits per heavy atom. The minimum atomic E-state index is 0.253. The van der Waals surface area contributed by atoms with E-state index in [1.165, 1.54) is 0 Å². The van der Waals surface area contributed by atoms with Gasteiger partial charge in [-0.05, 0) is 31.9 Å². The number of nitrogens with two attached hydrogens (primary N) is 1. The minimum absolute atomic E-state index is 0.253. The number of hydrogen-bond donors (Lipinski definition) is 1. The summed E-state index contributed by atoms with van der Waals surface area (Å²) >= 11 is 0. The number of nitrogens with zero attached hydrogens (tertiary/aromatic N) is 5. The first-order chi connectivity index (χ1) is 8.24. The summed E-state index contributed by atoms with van der Waals surface area (Å²) in [6, 6.07) is 4.19. The van der Waals surface area contributed by atoms with E-state index in [0.29, 0.717) is 0 Å². The summed E-state index contributed by atoms with van der Waals surface area (Å²) < 4.78 is 1.77. The van der Waals surface area contributed by atoms with Gasteiger partial charge in [-0.3, -0.25) is 0 Å². The van der Waals surface area contributed by atoms with E-state index in [2.05, 4.69) is 20.2 Å². The van der Waals surface area contributed by atoms with E-state index in [-0.39, 0.29) is 6.04 Å². The van der Waals surface area contributed by atoms with Crippen molar-refractivity contribution in [2.45, 2.75) is 25.8 Å². The van der Waals surface area contributed by atoms with Gasteiger partial charge in [-0.2, -0.15) is 4.52 Å². The molecule has 0 spiro atoms. The van der Waals surface area contributed by atoms with Crippen LogP contribution in [0.5, 0.6) is 0 Å². The van der Waals surface area contributed by atoms with E-state index in [4.69, 9.17) is 5.73 Å². The lowest BCUT2D eigenvalue weighted by molar-refractivity contribution is 0.501. The van der Waals surface area contributed by atoms with Gasteiger partial charge >= 0.3 is 0 Å². The highest BCUT2D eigenvalue weighted by Crippen LogP contribution is 2.17. The van der Waals surface area contributed by atoms with Crippen LogP contribution in [0.15, 0.2) is 12.1 Å². The molecule has 2 N–H and O–H groups in total. The highest BCUT2D eigenvalue weighted by molar-refractivity contribution is 5.46. The van der Waals surface area contributed by atoms with Crippen molar-refractivity contribution >= 4 is 11.5 Å². The monoisotopic (exact) mass is 232 g/mol. The SMILES string of the molecule is Cc1nnc2ccc(N3CCC[C@H](N)C3)nn12. The van der Waals surface area contributed by atoms with Gasteiger partial charge in [-0.25, -0.2) is 0 Å². The van der Waals surface area contributed by atoms with Crippen LogP contribution in [0.2, 0.25) is 0 Å². The van der Waals surface area contributed by atoms with Crippen molar-refractivity contribution in [3.63, 3.8) is 0 Å². The third-order valence-corrected chi connectivity index (χ3v) is 3.19. The maximum atomic E-state index is 5.98. The molecule has 1 saturated heterocycles. The summed E-state index contributed by atoms with van der Waals surface area (Å²) in [6.45, 7) is 3.80. The molecular weight excluding hydrogens is 216 g/mol. The average molecular weight is 232 g/mol. The standard InChI is InChI=1S/C11H16N6/c1-8-13-14-10-4-5-11(15-17(8)10)16-6-2-3-9(12)7-16/h4-5,9H,2-3,6-7,12H2,1H3/t9-/m0/s1. The minimum Gasteiger partial charge on any atom is -0.354 e. The number of piperidine rings is 1. The van der Waals surface area contributed by atoms with E-state index >= 15 is 0 Å². The molecule has 6 nitrogen and oxygen atoms in total. The van der Waals surface area contributed by atoms with E-state index in [1.807, 2.05) is 19.1 Å². The van der Waals surface area contributed by atoms with E-state index in [0.717, 1.165) is 43.2 Å². The Morgan fingerprint density at radius 1 is 1.35 bits per heavy atom. The van der Waals surface area contributed by atoms with Crippen molar-refractivity contribution in [3.05, 3.63) is 18.0 Å². The largest absolute Gasteiger partial charge is 0.354 e. The molecule has 1 atom stereocenters. The molecule has 0 bridgehead atoms. The maximum Gasteiger partial charge on any atom is 0.178 e. The van der Waals surface area contributed by atoms with E-state index in [9.17, 15) is 0 Å². The molecule has 1 aliphatic heterocycles. The molecule has 0 saturated carbocycles. The molecule has 2 aromatic heterocycles. The van der Waals surface area contributed by atoms with Crippen LogP contribution in [-0.2, 0) is 0 Å². The Labute approximate surface area is 99.4 Å². The third kappa shape index (κ3) is 1.84. The first kappa shape index (κ1) is 10.5. The van der Waals surface area contributed by atoms with Gasteiger partial charge in [0, 0.05) is 19.1 Å². The molecule has 1 aliphatic rings. The highest BCUT2D eigenvalue weighted by Gasteiger charge is 2.18. The first-order valence-electron chi connectivity index (χ1n) is 5.93. The number of aromatic nitrogens is 4. The van der Waals surface area contributed by atoms with Crippen molar-refractivity contribution in [2.75, 3.05) is 18.0 Å². The normalized spacial score (nSPS) is 21.1. The second-order valence-corrected chi connectivity index (χ2v) is 4.56. The molecule has 0 unspecified atom stereocenters. The third-order valence-electron chi connectivity index (χ3n) is 3.19.